The SMILES string of the molecule is CC(Nc1ccc(NC(=O)c2ccc(Cl)cc2)cc1)C(=O)Nc1ccccc1C(F)(F)F. The molecule has 1 unspecified atom stereocenters. The summed E-state index contributed by atoms with van der Waals surface area (Å²) < 4.78 is 39.3. The third-order valence-electron chi connectivity index (χ3n) is 4.52. The molecule has 0 spiro atoms. The van der Waals surface area contributed by atoms with Gasteiger partial charge in [0.1, 0.15) is 6.04 Å². The summed E-state index contributed by atoms with van der Waals surface area (Å²) in [6.07, 6.45) is -4.58. The second-order valence-electron chi connectivity index (χ2n) is 6.94. The molecule has 3 aromatic rings. The molecular formula is C23H19ClF3N3O2. The number of para-hydroxylation sites is 1. The van der Waals surface area contributed by atoms with Gasteiger partial charge < -0.3 is 16.0 Å². The summed E-state index contributed by atoms with van der Waals surface area (Å²) >= 11 is 5.81. The quantitative estimate of drug-likeness (QED) is 0.418. The average Bonchev–Trinajstić information content (AvgIpc) is 2.75. The molecule has 2 amide bonds. The molecule has 0 fully saturated rings. The number of amides is 2. The fourth-order valence-electron chi connectivity index (χ4n) is 2.85. The highest BCUT2D eigenvalue weighted by atomic mass is 35.5. The number of anilines is 3. The Kier molecular flexibility index (Phi) is 7.05. The van der Waals surface area contributed by atoms with Crippen LogP contribution in [0, 0.1) is 0 Å². The third kappa shape index (κ3) is 6.01. The van der Waals surface area contributed by atoms with Crippen molar-refractivity contribution in [3.8, 4) is 0 Å². The molecular weight excluding hydrogens is 443 g/mol. The summed E-state index contributed by atoms with van der Waals surface area (Å²) in [7, 11) is 0. The first-order valence-electron chi connectivity index (χ1n) is 9.54. The van der Waals surface area contributed by atoms with E-state index in [0.29, 0.717) is 22.0 Å². The van der Waals surface area contributed by atoms with Crippen LogP contribution >= 0.6 is 11.6 Å². The summed E-state index contributed by atoms with van der Waals surface area (Å²) in [5, 5.41) is 8.49. The first kappa shape index (κ1) is 23.1. The Bertz CT molecular complexity index is 1100. The normalized spacial score (nSPS) is 12.0. The second kappa shape index (κ2) is 9.74. The molecule has 0 aliphatic carbocycles. The van der Waals surface area contributed by atoms with Gasteiger partial charge in [0, 0.05) is 22.0 Å². The predicted octanol–water partition coefficient (Wildman–Crippen LogP) is 6.05. The minimum absolute atomic E-state index is 0.307. The van der Waals surface area contributed by atoms with Crippen molar-refractivity contribution in [2.24, 2.45) is 0 Å². The van der Waals surface area contributed by atoms with Crippen LogP contribution in [0.15, 0.2) is 72.8 Å². The zero-order chi connectivity index (χ0) is 23.3. The largest absolute Gasteiger partial charge is 0.418 e. The van der Waals surface area contributed by atoms with Crippen molar-refractivity contribution in [3.05, 3.63) is 88.9 Å². The lowest BCUT2D eigenvalue weighted by Gasteiger charge is -2.18. The third-order valence-corrected chi connectivity index (χ3v) is 4.77. The molecule has 3 N–H and O–H groups in total. The minimum Gasteiger partial charge on any atom is -0.374 e. The second-order valence-corrected chi connectivity index (χ2v) is 7.37. The Hall–Kier alpha value is -3.52. The van der Waals surface area contributed by atoms with Crippen molar-refractivity contribution >= 4 is 40.5 Å². The highest BCUT2D eigenvalue weighted by Crippen LogP contribution is 2.34. The topological polar surface area (TPSA) is 70.2 Å². The van der Waals surface area contributed by atoms with Crippen LogP contribution in [-0.2, 0) is 11.0 Å². The first-order chi connectivity index (χ1) is 15.1. The number of carbonyl (C=O) groups is 2. The molecule has 0 aliphatic rings. The Morgan fingerprint density at radius 2 is 1.44 bits per heavy atom. The fraction of sp³-hybridized carbons (Fsp3) is 0.130. The molecule has 0 heterocycles. The Morgan fingerprint density at radius 3 is 2.06 bits per heavy atom. The average molecular weight is 462 g/mol. The number of halogens is 4. The number of alkyl halides is 3. The molecule has 0 aromatic heterocycles. The van der Waals surface area contributed by atoms with E-state index in [9.17, 15) is 22.8 Å². The highest BCUT2D eigenvalue weighted by Gasteiger charge is 2.33. The molecule has 0 aliphatic heterocycles. The summed E-state index contributed by atoms with van der Waals surface area (Å²) in [4.78, 5) is 24.6. The standard InChI is InChI=1S/C23H19ClF3N3O2/c1-14(21(31)30-20-5-3-2-4-19(20)23(25,26)27)28-17-10-12-18(13-11-17)29-22(32)15-6-8-16(24)9-7-15/h2-14,28H,1H3,(H,29,32)(H,30,31). The zero-order valence-corrected chi connectivity index (χ0v) is 17.6. The number of benzene rings is 3. The van der Waals surface area contributed by atoms with Crippen molar-refractivity contribution in [2.45, 2.75) is 19.1 Å². The van der Waals surface area contributed by atoms with E-state index in [1.54, 1.807) is 48.5 Å². The van der Waals surface area contributed by atoms with Crippen molar-refractivity contribution in [3.63, 3.8) is 0 Å². The van der Waals surface area contributed by atoms with E-state index in [4.69, 9.17) is 11.6 Å². The van der Waals surface area contributed by atoms with Crippen LogP contribution in [0.5, 0.6) is 0 Å². The van der Waals surface area contributed by atoms with E-state index in [-0.39, 0.29) is 11.6 Å². The van der Waals surface area contributed by atoms with Crippen LogP contribution in [0.2, 0.25) is 5.02 Å². The van der Waals surface area contributed by atoms with Crippen LogP contribution in [0.4, 0.5) is 30.2 Å². The van der Waals surface area contributed by atoms with E-state index >= 15 is 0 Å². The Balaban J connectivity index is 1.60. The van der Waals surface area contributed by atoms with Gasteiger partial charge in [0.15, 0.2) is 0 Å². The molecule has 5 nitrogen and oxygen atoms in total. The molecule has 3 aromatic carbocycles. The molecule has 0 radical (unpaired) electrons. The maximum Gasteiger partial charge on any atom is 0.418 e. The number of hydrogen-bond donors (Lipinski definition) is 3. The van der Waals surface area contributed by atoms with Crippen molar-refractivity contribution in [1.82, 2.24) is 0 Å². The Morgan fingerprint density at radius 1 is 0.844 bits per heavy atom. The molecule has 0 bridgehead atoms. The summed E-state index contributed by atoms with van der Waals surface area (Å²) in [6, 6.07) is 17.0. The van der Waals surface area contributed by atoms with E-state index in [1.165, 1.54) is 25.1 Å². The van der Waals surface area contributed by atoms with Gasteiger partial charge in [-0.15, -0.1) is 0 Å². The summed E-state index contributed by atoms with van der Waals surface area (Å²) in [6.45, 7) is 1.53. The van der Waals surface area contributed by atoms with E-state index in [2.05, 4.69) is 16.0 Å². The van der Waals surface area contributed by atoms with Crippen LogP contribution in [-0.4, -0.2) is 17.9 Å². The monoisotopic (exact) mass is 461 g/mol. The summed E-state index contributed by atoms with van der Waals surface area (Å²) in [5.74, 6) is -0.930. The smallest absolute Gasteiger partial charge is 0.374 e. The van der Waals surface area contributed by atoms with Gasteiger partial charge >= 0.3 is 6.18 Å². The number of carbonyl (C=O) groups excluding carboxylic acids is 2. The van der Waals surface area contributed by atoms with Crippen LogP contribution < -0.4 is 16.0 Å². The molecule has 1 atom stereocenters. The summed E-state index contributed by atoms with van der Waals surface area (Å²) in [5.41, 5.74) is 0.314. The minimum atomic E-state index is -4.58. The van der Waals surface area contributed by atoms with Crippen LogP contribution in [0.3, 0.4) is 0 Å². The highest BCUT2D eigenvalue weighted by molar-refractivity contribution is 6.30. The van der Waals surface area contributed by atoms with Gasteiger partial charge in [-0.2, -0.15) is 13.2 Å². The first-order valence-corrected chi connectivity index (χ1v) is 9.92. The van der Waals surface area contributed by atoms with Crippen molar-refractivity contribution < 1.29 is 22.8 Å². The predicted molar refractivity (Wildman–Crippen MR) is 119 cm³/mol. The van der Waals surface area contributed by atoms with Gasteiger partial charge in [-0.05, 0) is 67.6 Å². The van der Waals surface area contributed by atoms with Crippen LogP contribution in [0.1, 0.15) is 22.8 Å². The van der Waals surface area contributed by atoms with Crippen LogP contribution in [0.25, 0.3) is 0 Å². The molecule has 0 saturated carbocycles. The maximum absolute atomic E-state index is 13.1. The van der Waals surface area contributed by atoms with E-state index < -0.39 is 23.7 Å². The zero-order valence-electron chi connectivity index (χ0n) is 16.8. The molecule has 3 rings (SSSR count). The van der Waals surface area contributed by atoms with E-state index in [0.717, 1.165) is 6.07 Å². The molecule has 0 saturated heterocycles. The Labute approximate surface area is 187 Å². The molecule has 9 heteroatoms. The van der Waals surface area contributed by atoms with Crippen molar-refractivity contribution in [1.29, 1.82) is 0 Å². The number of rotatable bonds is 6. The lowest BCUT2D eigenvalue weighted by atomic mass is 10.1. The molecule has 32 heavy (non-hydrogen) atoms. The van der Waals surface area contributed by atoms with Gasteiger partial charge in [0.05, 0.1) is 11.3 Å². The van der Waals surface area contributed by atoms with Gasteiger partial charge in [-0.25, -0.2) is 0 Å². The number of nitrogens with one attached hydrogen (secondary N) is 3. The van der Waals surface area contributed by atoms with Gasteiger partial charge in [0.25, 0.3) is 5.91 Å². The molecule has 166 valence electrons. The van der Waals surface area contributed by atoms with Gasteiger partial charge in [0.2, 0.25) is 5.91 Å². The lowest BCUT2D eigenvalue weighted by Crippen LogP contribution is -2.32. The van der Waals surface area contributed by atoms with Gasteiger partial charge in [-0.1, -0.05) is 23.7 Å². The van der Waals surface area contributed by atoms with E-state index in [1.807, 2.05) is 0 Å². The lowest BCUT2D eigenvalue weighted by molar-refractivity contribution is -0.137. The number of hydrogen-bond acceptors (Lipinski definition) is 3. The fourth-order valence-corrected chi connectivity index (χ4v) is 2.98. The van der Waals surface area contributed by atoms with Gasteiger partial charge in [-0.3, -0.25) is 9.59 Å². The van der Waals surface area contributed by atoms with Crippen molar-refractivity contribution in [2.75, 3.05) is 16.0 Å². The maximum atomic E-state index is 13.1.